The molecule has 0 fully saturated rings. The minimum absolute atomic E-state index is 0.113. The summed E-state index contributed by atoms with van der Waals surface area (Å²) in [5.41, 5.74) is 3.75. The molecule has 1 N–H and O–H groups in total. The van der Waals surface area contributed by atoms with E-state index in [-0.39, 0.29) is 11.8 Å². The Morgan fingerprint density at radius 3 is 2.72 bits per heavy atom. The van der Waals surface area contributed by atoms with Crippen molar-refractivity contribution >= 4 is 23.2 Å². The van der Waals surface area contributed by atoms with Crippen molar-refractivity contribution in [1.82, 2.24) is 5.32 Å². The molecule has 2 aromatic rings. The van der Waals surface area contributed by atoms with Gasteiger partial charge in [-0.05, 0) is 36.2 Å². The maximum atomic E-state index is 12.4. The van der Waals surface area contributed by atoms with E-state index in [9.17, 15) is 9.59 Å². The van der Waals surface area contributed by atoms with E-state index in [4.69, 9.17) is 0 Å². The second-order valence-corrected chi connectivity index (χ2v) is 6.37. The third kappa shape index (κ3) is 3.82. The third-order valence-electron chi connectivity index (χ3n) is 4.44. The fourth-order valence-corrected chi connectivity index (χ4v) is 3.05. The topological polar surface area (TPSA) is 52.7 Å². The van der Waals surface area contributed by atoms with Gasteiger partial charge in [-0.3, -0.25) is 9.59 Å². The number of carbonyl (C=O) groups is 2. The molecule has 2 aromatic carbocycles. The third-order valence-corrected chi connectivity index (χ3v) is 4.44. The number of anilines is 2. The first-order valence-corrected chi connectivity index (χ1v) is 8.50. The summed E-state index contributed by atoms with van der Waals surface area (Å²) in [7, 11) is 3.88. The first-order chi connectivity index (χ1) is 12.1. The Morgan fingerprint density at radius 1 is 1.12 bits per heavy atom. The summed E-state index contributed by atoms with van der Waals surface area (Å²) in [5.74, 6) is -0.0102. The SMILES string of the molecule is CN(C)c1cccc(C(=O)NCCN2C(=O)CCc3ccccc32)c1. The first kappa shape index (κ1) is 17.0. The number of hydrogen-bond donors (Lipinski definition) is 1. The van der Waals surface area contributed by atoms with E-state index in [1.54, 1.807) is 11.0 Å². The molecule has 0 saturated heterocycles. The standard InChI is InChI=1S/C20H23N3O2/c1-22(2)17-8-5-7-16(14-17)20(25)21-12-13-23-18-9-4-3-6-15(18)10-11-19(23)24/h3-9,14H,10-13H2,1-2H3,(H,21,25). The smallest absolute Gasteiger partial charge is 0.251 e. The lowest BCUT2D eigenvalue weighted by Gasteiger charge is -2.29. The van der Waals surface area contributed by atoms with E-state index >= 15 is 0 Å². The summed E-state index contributed by atoms with van der Waals surface area (Å²) in [6, 6.07) is 15.4. The summed E-state index contributed by atoms with van der Waals surface area (Å²) < 4.78 is 0. The van der Waals surface area contributed by atoms with Crippen molar-refractivity contribution in [2.24, 2.45) is 0 Å². The van der Waals surface area contributed by atoms with E-state index in [2.05, 4.69) is 11.4 Å². The highest BCUT2D eigenvalue weighted by Crippen LogP contribution is 2.26. The van der Waals surface area contributed by atoms with Crippen molar-refractivity contribution in [1.29, 1.82) is 0 Å². The van der Waals surface area contributed by atoms with Crippen molar-refractivity contribution in [3.63, 3.8) is 0 Å². The number of hydrogen-bond acceptors (Lipinski definition) is 3. The van der Waals surface area contributed by atoms with Gasteiger partial charge in [0.25, 0.3) is 5.91 Å². The fourth-order valence-electron chi connectivity index (χ4n) is 3.05. The monoisotopic (exact) mass is 337 g/mol. The highest BCUT2D eigenvalue weighted by Gasteiger charge is 2.23. The van der Waals surface area contributed by atoms with E-state index in [0.717, 1.165) is 17.8 Å². The zero-order valence-corrected chi connectivity index (χ0v) is 14.7. The Balaban J connectivity index is 1.62. The first-order valence-electron chi connectivity index (χ1n) is 8.50. The normalized spacial score (nSPS) is 13.4. The van der Waals surface area contributed by atoms with Crippen LogP contribution in [0.15, 0.2) is 48.5 Å². The Bertz CT molecular complexity index is 786. The zero-order valence-electron chi connectivity index (χ0n) is 14.7. The summed E-state index contributed by atoms with van der Waals surface area (Å²) >= 11 is 0. The van der Waals surface area contributed by atoms with Crippen molar-refractivity contribution in [3.8, 4) is 0 Å². The molecule has 0 radical (unpaired) electrons. The van der Waals surface area contributed by atoms with Gasteiger partial charge in [0.05, 0.1) is 0 Å². The van der Waals surface area contributed by atoms with Crippen LogP contribution in [0, 0.1) is 0 Å². The quantitative estimate of drug-likeness (QED) is 0.912. The van der Waals surface area contributed by atoms with Gasteiger partial charge in [0.1, 0.15) is 0 Å². The maximum absolute atomic E-state index is 12.4. The van der Waals surface area contributed by atoms with Gasteiger partial charge < -0.3 is 15.1 Å². The second-order valence-electron chi connectivity index (χ2n) is 6.37. The predicted octanol–water partition coefficient (Wildman–Crippen LogP) is 2.46. The van der Waals surface area contributed by atoms with Gasteiger partial charge in [0.2, 0.25) is 5.91 Å². The van der Waals surface area contributed by atoms with E-state index < -0.39 is 0 Å². The van der Waals surface area contributed by atoms with Gasteiger partial charge in [0, 0.05) is 50.5 Å². The van der Waals surface area contributed by atoms with Crippen molar-refractivity contribution < 1.29 is 9.59 Å². The lowest BCUT2D eigenvalue weighted by atomic mass is 10.0. The van der Waals surface area contributed by atoms with E-state index in [1.165, 1.54) is 5.56 Å². The summed E-state index contributed by atoms with van der Waals surface area (Å²) in [6.07, 6.45) is 1.31. The van der Waals surface area contributed by atoms with Crippen LogP contribution in [0.25, 0.3) is 0 Å². The van der Waals surface area contributed by atoms with Crippen molar-refractivity contribution in [3.05, 3.63) is 59.7 Å². The molecular weight excluding hydrogens is 314 g/mol. The number of carbonyl (C=O) groups excluding carboxylic acids is 2. The summed E-state index contributed by atoms with van der Waals surface area (Å²) in [6.45, 7) is 0.903. The van der Waals surface area contributed by atoms with Gasteiger partial charge in [-0.2, -0.15) is 0 Å². The molecule has 130 valence electrons. The van der Waals surface area contributed by atoms with Crippen LogP contribution in [0.2, 0.25) is 0 Å². The average molecular weight is 337 g/mol. The largest absolute Gasteiger partial charge is 0.378 e. The van der Waals surface area contributed by atoms with Crippen LogP contribution in [0.3, 0.4) is 0 Å². The number of nitrogens with one attached hydrogen (secondary N) is 1. The number of fused-ring (bicyclic) bond motifs is 1. The van der Waals surface area contributed by atoms with Gasteiger partial charge in [-0.25, -0.2) is 0 Å². The lowest BCUT2D eigenvalue weighted by Crippen LogP contribution is -2.41. The fraction of sp³-hybridized carbons (Fsp3) is 0.300. The molecule has 0 unspecified atom stereocenters. The Kier molecular flexibility index (Phi) is 5.03. The number of benzene rings is 2. The zero-order chi connectivity index (χ0) is 17.8. The molecule has 5 heteroatoms. The van der Waals surface area contributed by atoms with Crippen molar-refractivity contribution in [2.75, 3.05) is 37.0 Å². The average Bonchev–Trinajstić information content (AvgIpc) is 2.63. The molecule has 1 aliphatic rings. The number of aryl methyl sites for hydroxylation is 1. The molecule has 0 aromatic heterocycles. The van der Waals surface area contributed by atoms with E-state index in [1.807, 2.05) is 55.4 Å². The van der Waals surface area contributed by atoms with Crippen LogP contribution in [0.1, 0.15) is 22.3 Å². The Hall–Kier alpha value is -2.82. The molecule has 1 heterocycles. The highest BCUT2D eigenvalue weighted by atomic mass is 16.2. The summed E-state index contributed by atoms with van der Waals surface area (Å²) in [5, 5.41) is 2.91. The Morgan fingerprint density at radius 2 is 1.92 bits per heavy atom. The Labute approximate surface area is 148 Å². The molecular formula is C20H23N3O2. The molecule has 3 rings (SSSR count). The van der Waals surface area contributed by atoms with Crippen LogP contribution in [-0.4, -0.2) is 39.0 Å². The molecule has 1 aliphatic heterocycles. The molecule has 0 bridgehead atoms. The van der Waals surface area contributed by atoms with Gasteiger partial charge in [-0.15, -0.1) is 0 Å². The van der Waals surface area contributed by atoms with Crippen LogP contribution in [0.4, 0.5) is 11.4 Å². The predicted molar refractivity (Wildman–Crippen MR) is 100 cm³/mol. The van der Waals surface area contributed by atoms with Crippen LogP contribution < -0.4 is 15.1 Å². The summed E-state index contributed by atoms with van der Waals surface area (Å²) in [4.78, 5) is 28.3. The second kappa shape index (κ2) is 7.38. The van der Waals surface area contributed by atoms with Crippen LogP contribution in [-0.2, 0) is 11.2 Å². The number of amides is 2. The lowest BCUT2D eigenvalue weighted by molar-refractivity contribution is -0.118. The number of rotatable bonds is 5. The van der Waals surface area contributed by atoms with Crippen molar-refractivity contribution in [2.45, 2.75) is 12.8 Å². The highest BCUT2D eigenvalue weighted by molar-refractivity contribution is 5.97. The minimum Gasteiger partial charge on any atom is -0.378 e. The van der Waals surface area contributed by atoms with Crippen LogP contribution >= 0.6 is 0 Å². The molecule has 25 heavy (non-hydrogen) atoms. The van der Waals surface area contributed by atoms with Gasteiger partial charge in [0.15, 0.2) is 0 Å². The minimum atomic E-state index is -0.124. The molecule has 5 nitrogen and oxygen atoms in total. The van der Waals surface area contributed by atoms with E-state index in [0.29, 0.717) is 25.1 Å². The van der Waals surface area contributed by atoms with Crippen LogP contribution in [0.5, 0.6) is 0 Å². The molecule has 0 atom stereocenters. The molecule has 0 saturated carbocycles. The molecule has 2 amide bonds. The molecule has 0 aliphatic carbocycles. The number of nitrogens with zero attached hydrogens (tertiary/aromatic N) is 2. The molecule has 0 spiro atoms. The van der Waals surface area contributed by atoms with Gasteiger partial charge >= 0.3 is 0 Å². The number of para-hydroxylation sites is 1. The van der Waals surface area contributed by atoms with Gasteiger partial charge in [-0.1, -0.05) is 24.3 Å². The maximum Gasteiger partial charge on any atom is 0.251 e.